The molecule has 11 heteroatoms. The van der Waals surface area contributed by atoms with Crippen LogP contribution in [0.2, 0.25) is 0 Å². The third-order valence-electron chi connectivity index (χ3n) is 8.61. The molecule has 2 aromatic carbocycles. The van der Waals surface area contributed by atoms with Crippen LogP contribution in [0.5, 0.6) is 0 Å². The zero-order valence-corrected chi connectivity index (χ0v) is 23.6. The number of benzene rings is 2. The second-order valence-corrected chi connectivity index (χ2v) is 11.4. The van der Waals surface area contributed by atoms with Gasteiger partial charge in [-0.1, -0.05) is 43.2 Å². The van der Waals surface area contributed by atoms with Crippen LogP contribution in [0.1, 0.15) is 68.1 Å². The van der Waals surface area contributed by atoms with Crippen LogP contribution >= 0.6 is 0 Å². The summed E-state index contributed by atoms with van der Waals surface area (Å²) in [6, 6.07) is 11.5. The second-order valence-electron chi connectivity index (χ2n) is 11.4. The lowest BCUT2D eigenvalue weighted by molar-refractivity contribution is -0.137. The number of alkyl halides is 3. The van der Waals surface area contributed by atoms with Crippen molar-refractivity contribution in [1.29, 1.82) is 0 Å². The van der Waals surface area contributed by atoms with Gasteiger partial charge in [0.05, 0.1) is 17.0 Å². The summed E-state index contributed by atoms with van der Waals surface area (Å²) in [6.45, 7) is 1.89. The van der Waals surface area contributed by atoms with E-state index < -0.39 is 35.3 Å². The highest BCUT2D eigenvalue weighted by atomic mass is 19.4. The molecule has 2 heterocycles. The van der Waals surface area contributed by atoms with Gasteiger partial charge in [0.25, 0.3) is 5.91 Å². The summed E-state index contributed by atoms with van der Waals surface area (Å²) in [5, 5.41) is 9.10. The van der Waals surface area contributed by atoms with Crippen molar-refractivity contribution < 1.29 is 27.6 Å². The fourth-order valence-corrected chi connectivity index (χ4v) is 6.15. The fourth-order valence-electron chi connectivity index (χ4n) is 6.15. The number of piperidine rings is 1. The van der Waals surface area contributed by atoms with Gasteiger partial charge >= 0.3 is 6.18 Å². The molecule has 2 aliphatic heterocycles. The smallest absolute Gasteiger partial charge is 0.342 e. The predicted molar refractivity (Wildman–Crippen MR) is 153 cm³/mol. The van der Waals surface area contributed by atoms with Crippen LogP contribution in [-0.2, 0) is 20.6 Å². The van der Waals surface area contributed by atoms with E-state index in [0.717, 1.165) is 57.3 Å². The summed E-state index contributed by atoms with van der Waals surface area (Å²) >= 11 is 0. The Bertz CT molecular complexity index is 1350. The molecule has 3 amide bonds. The van der Waals surface area contributed by atoms with Crippen LogP contribution in [0.4, 0.5) is 18.9 Å². The zero-order valence-electron chi connectivity index (χ0n) is 23.6. The maximum absolute atomic E-state index is 13.8. The Morgan fingerprint density at radius 2 is 1.71 bits per heavy atom. The monoisotopic (exact) mass is 583 g/mol. The predicted octanol–water partition coefficient (Wildman–Crippen LogP) is 4.17. The number of aliphatic imine (C=N–C) groups is 1. The molecule has 0 bridgehead atoms. The Hall–Kier alpha value is -3.73. The molecule has 3 N–H and O–H groups in total. The van der Waals surface area contributed by atoms with E-state index in [1.807, 2.05) is 0 Å². The van der Waals surface area contributed by atoms with Crippen molar-refractivity contribution in [1.82, 2.24) is 16.0 Å². The Balaban J connectivity index is 1.40. The van der Waals surface area contributed by atoms with E-state index in [-0.39, 0.29) is 11.6 Å². The Morgan fingerprint density at radius 1 is 1.05 bits per heavy atom. The van der Waals surface area contributed by atoms with Crippen LogP contribution < -0.4 is 20.9 Å². The molecule has 1 saturated heterocycles. The van der Waals surface area contributed by atoms with Crippen molar-refractivity contribution in [2.24, 2.45) is 10.9 Å². The number of nitrogens with zero attached hydrogens (tertiary/aromatic N) is 2. The summed E-state index contributed by atoms with van der Waals surface area (Å²) in [7, 11) is 1.57. The number of nitrogens with one attached hydrogen (secondary N) is 3. The lowest BCUT2D eigenvalue weighted by atomic mass is 9.92. The number of carbonyl (C=O) groups excluding carboxylic acids is 3. The first-order valence-electron chi connectivity index (χ1n) is 14.5. The number of benzodiazepines with no additional fused rings is 1. The minimum absolute atomic E-state index is 0.184. The highest BCUT2D eigenvalue weighted by Crippen LogP contribution is 2.33. The quantitative estimate of drug-likeness (QED) is 0.455. The van der Waals surface area contributed by atoms with Gasteiger partial charge in [-0.3, -0.25) is 14.4 Å². The van der Waals surface area contributed by atoms with Gasteiger partial charge in [0.2, 0.25) is 18.0 Å². The molecule has 0 spiro atoms. The fraction of sp³-hybridized carbons (Fsp3) is 0.484. The number of hydrogen-bond acceptors (Lipinski definition) is 5. The lowest BCUT2D eigenvalue weighted by Gasteiger charge is -2.31. The third kappa shape index (κ3) is 6.35. The van der Waals surface area contributed by atoms with E-state index in [0.29, 0.717) is 42.0 Å². The van der Waals surface area contributed by atoms with E-state index in [2.05, 4.69) is 20.9 Å². The number of carbonyl (C=O) groups is 3. The van der Waals surface area contributed by atoms with Crippen molar-refractivity contribution >= 4 is 29.1 Å². The summed E-state index contributed by atoms with van der Waals surface area (Å²) in [4.78, 5) is 46.4. The maximum atomic E-state index is 13.8. The molecule has 2 aromatic rings. The molecule has 8 nitrogen and oxygen atoms in total. The van der Waals surface area contributed by atoms with Gasteiger partial charge in [0, 0.05) is 24.6 Å². The molecule has 1 unspecified atom stereocenters. The van der Waals surface area contributed by atoms with Crippen LogP contribution in [0, 0.1) is 5.92 Å². The normalized spacial score (nSPS) is 20.9. The van der Waals surface area contributed by atoms with Crippen molar-refractivity contribution in [3.63, 3.8) is 0 Å². The number of likely N-dealkylation sites (N-methyl/N-ethyl adjacent to an activating group) is 1. The Morgan fingerprint density at radius 3 is 2.38 bits per heavy atom. The number of rotatable bonds is 7. The highest BCUT2D eigenvalue weighted by molar-refractivity contribution is 6.20. The average Bonchev–Trinajstić information content (AvgIpc) is 3.43. The summed E-state index contributed by atoms with van der Waals surface area (Å²) < 4.78 is 39.7. The van der Waals surface area contributed by atoms with E-state index >= 15 is 0 Å². The average molecular weight is 584 g/mol. The van der Waals surface area contributed by atoms with Crippen molar-refractivity contribution in [2.75, 3.05) is 25.0 Å². The zero-order chi connectivity index (χ0) is 29.9. The van der Waals surface area contributed by atoms with Crippen molar-refractivity contribution in [3.05, 3.63) is 65.2 Å². The molecule has 0 radical (unpaired) electrons. The standard InChI is InChI=1S/C31H36F3N5O3/c1-39-24-7-3-2-6-23(24)26(21-9-11-22(12-10-21)31(32,33)34)36-27(28(39)41)37-29(42)30(16-4-5-17-30)38-25(40)13-8-20-14-18-35-19-15-20/h2-3,6-7,9-12,20,27,35H,4-5,8,13-19H2,1H3,(H,37,42)(H,38,40). The molecule has 224 valence electrons. The van der Waals surface area contributed by atoms with E-state index in [9.17, 15) is 27.6 Å². The molecule has 1 atom stereocenters. The minimum atomic E-state index is -4.50. The first-order valence-corrected chi connectivity index (χ1v) is 14.5. The van der Waals surface area contributed by atoms with Crippen LogP contribution in [-0.4, -0.2) is 55.3 Å². The molecular weight excluding hydrogens is 547 g/mol. The van der Waals surface area contributed by atoms with E-state index in [4.69, 9.17) is 0 Å². The highest BCUT2D eigenvalue weighted by Gasteiger charge is 2.44. The van der Waals surface area contributed by atoms with E-state index in [1.165, 1.54) is 17.0 Å². The molecule has 42 heavy (non-hydrogen) atoms. The first-order chi connectivity index (χ1) is 20.1. The Kier molecular flexibility index (Phi) is 8.68. The van der Waals surface area contributed by atoms with Gasteiger partial charge in [-0.2, -0.15) is 13.2 Å². The Labute approximate surface area is 243 Å². The summed E-state index contributed by atoms with van der Waals surface area (Å²) in [6.07, 6.45) is -0.284. The SMILES string of the molecule is CN1C(=O)C(NC(=O)C2(NC(=O)CCC3CCNCC3)CCCC2)N=C(c2ccc(C(F)(F)F)cc2)c2ccccc21. The lowest BCUT2D eigenvalue weighted by Crippen LogP contribution is -2.60. The molecule has 0 aromatic heterocycles. The summed E-state index contributed by atoms with van der Waals surface area (Å²) in [5.41, 5.74) is -0.224. The maximum Gasteiger partial charge on any atom is 0.416 e. The number of para-hydroxylation sites is 1. The second kappa shape index (κ2) is 12.2. The van der Waals surface area contributed by atoms with Gasteiger partial charge in [0.1, 0.15) is 5.54 Å². The van der Waals surface area contributed by atoms with Crippen molar-refractivity contribution in [3.8, 4) is 0 Å². The molecule has 3 aliphatic rings. The van der Waals surface area contributed by atoms with Crippen LogP contribution in [0.25, 0.3) is 0 Å². The topological polar surface area (TPSA) is 103 Å². The van der Waals surface area contributed by atoms with Gasteiger partial charge < -0.3 is 20.9 Å². The molecule has 1 saturated carbocycles. The van der Waals surface area contributed by atoms with Crippen LogP contribution in [0.15, 0.2) is 53.5 Å². The number of halogens is 3. The molecular formula is C31H36F3N5O3. The molecule has 5 rings (SSSR count). The van der Waals surface area contributed by atoms with Crippen molar-refractivity contribution in [2.45, 2.75) is 69.2 Å². The number of fused-ring (bicyclic) bond motifs is 1. The largest absolute Gasteiger partial charge is 0.416 e. The van der Waals surface area contributed by atoms with Gasteiger partial charge in [-0.15, -0.1) is 0 Å². The number of anilines is 1. The van der Waals surface area contributed by atoms with Gasteiger partial charge in [-0.25, -0.2) is 4.99 Å². The third-order valence-corrected chi connectivity index (χ3v) is 8.61. The van der Waals surface area contributed by atoms with E-state index in [1.54, 1.807) is 31.3 Å². The van der Waals surface area contributed by atoms with Gasteiger partial charge in [-0.05, 0) is 69.3 Å². The number of hydrogen-bond donors (Lipinski definition) is 3. The number of amides is 3. The first kappa shape index (κ1) is 29.8. The molecule has 1 aliphatic carbocycles. The summed E-state index contributed by atoms with van der Waals surface area (Å²) in [5.74, 6) is -0.688. The minimum Gasteiger partial charge on any atom is -0.342 e. The van der Waals surface area contributed by atoms with Gasteiger partial charge in [0.15, 0.2) is 0 Å². The van der Waals surface area contributed by atoms with Crippen LogP contribution in [0.3, 0.4) is 0 Å². The molecule has 2 fully saturated rings.